The fourth-order valence-electron chi connectivity index (χ4n) is 4.17. The molecule has 0 N–H and O–H groups in total. The summed E-state index contributed by atoms with van der Waals surface area (Å²) in [6.45, 7) is 0.443. The predicted molar refractivity (Wildman–Crippen MR) is 146 cm³/mol. The number of fused-ring (bicyclic) bond motifs is 1. The van der Waals surface area contributed by atoms with Gasteiger partial charge in [0.25, 0.3) is 0 Å². The maximum absolute atomic E-state index is 6.40. The van der Waals surface area contributed by atoms with Crippen molar-refractivity contribution in [2.24, 2.45) is 0 Å². The summed E-state index contributed by atoms with van der Waals surface area (Å²) < 4.78 is 14.4. The Labute approximate surface area is 226 Å². The zero-order chi connectivity index (χ0) is 24.8. The van der Waals surface area contributed by atoms with Crippen molar-refractivity contribution in [2.45, 2.75) is 6.54 Å². The van der Waals surface area contributed by atoms with Crippen LogP contribution in [0.25, 0.3) is 45.3 Å². The average molecular weight is 554 g/mol. The highest BCUT2D eigenvalue weighted by molar-refractivity contribution is 6.37. The highest BCUT2D eigenvalue weighted by Crippen LogP contribution is 2.36. The third kappa shape index (κ3) is 4.31. The third-order valence-electron chi connectivity index (χ3n) is 5.85. The van der Waals surface area contributed by atoms with E-state index in [2.05, 4.69) is 4.57 Å². The van der Waals surface area contributed by atoms with E-state index in [0.717, 1.165) is 27.9 Å². The van der Waals surface area contributed by atoms with Crippen molar-refractivity contribution in [1.82, 2.24) is 9.55 Å². The smallest absolute Gasteiger partial charge is 0.177 e. The van der Waals surface area contributed by atoms with Gasteiger partial charge >= 0.3 is 0 Å². The summed E-state index contributed by atoms with van der Waals surface area (Å²) in [5, 5.41) is 2.18. The first-order valence-electron chi connectivity index (χ1n) is 11.0. The third-order valence-corrected chi connectivity index (χ3v) is 6.95. The van der Waals surface area contributed by atoms with Gasteiger partial charge in [0, 0.05) is 21.2 Å². The molecule has 3 aromatic carbocycles. The monoisotopic (exact) mass is 552 g/mol. The van der Waals surface area contributed by atoms with Crippen LogP contribution in [-0.4, -0.2) is 9.55 Å². The molecule has 0 aliphatic carbocycles. The number of para-hydroxylation sites is 2. The molecule has 0 unspecified atom stereocenters. The van der Waals surface area contributed by atoms with Crippen LogP contribution in [0.2, 0.25) is 20.1 Å². The van der Waals surface area contributed by atoms with Crippen molar-refractivity contribution in [3.05, 3.63) is 111 Å². The first-order valence-corrected chi connectivity index (χ1v) is 12.5. The number of furan rings is 2. The zero-order valence-corrected chi connectivity index (χ0v) is 21.5. The number of rotatable bonds is 5. The minimum Gasteiger partial charge on any atom is -0.459 e. The maximum Gasteiger partial charge on any atom is 0.177 e. The molecule has 0 saturated carbocycles. The zero-order valence-electron chi connectivity index (χ0n) is 18.5. The number of hydrogen-bond acceptors (Lipinski definition) is 3. The molecule has 0 spiro atoms. The highest BCUT2D eigenvalue weighted by Gasteiger charge is 2.19. The van der Waals surface area contributed by atoms with Crippen molar-refractivity contribution in [3.63, 3.8) is 0 Å². The molecule has 0 aliphatic heterocycles. The number of imidazole rings is 1. The Morgan fingerprint density at radius 1 is 0.639 bits per heavy atom. The first-order chi connectivity index (χ1) is 17.5. The van der Waals surface area contributed by atoms with Gasteiger partial charge in [-0.15, -0.1) is 0 Å². The lowest BCUT2D eigenvalue weighted by Crippen LogP contribution is -2.00. The summed E-state index contributed by atoms with van der Waals surface area (Å²) in [6, 6.07) is 26.2. The maximum atomic E-state index is 6.40. The van der Waals surface area contributed by atoms with Crippen LogP contribution >= 0.6 is 46.4 Å². The number of halogens is 4. The van der Waals surface area contributed by atoms with Gasteiger partial charge in [0.2, 0.25) is 0 Å². The summed E-state index contributed by atoms with van der Waals surface area (Å²) in [5.41, 5.74) is 3.34. The van der Waals surface area contributed by atoms with Gasteiger partial charge in [-0.1, -0.05) is 58.5 Å². The number of nitrogens with zero attached hydrogens (tertiary/aromatic N) is 2. The van der Waals surface area contributed by atoms with Gasteiger partial charge < -0.3 is 13.4 Å². The Bertz CT molecular complexity index is 1730. The van der Waals surface area contributed by atoms with Crippen LogP contribution in [0.4, 0.5) is 0 Å². The molecule has 36 heavy (non-hydrogen) atoms. The second-order valence-corrected chi connectivity index (χ2v) is 9.88. The summed E-state index contributed by atoms with van der Waals surface area (Å²) in [5.74, 6) is 3.32. The largest absolute Gasteiger partial charge is 0.459 e. The highest BCUT2D eigenvalue weighted by atomic mass is 35.5. The Balaban J connectivity index is 1.39. The molecule has 8 heteroatoms. The molecule has 178 valence electrons. The van der Waals surface area contributed by atoms with Crippen molar-refractivity contribution in [3.8, 4) is 34.2 Å². The van der Waals surface area contributed by atoms with Crippen molar-refractivity contribution >= 4 is 57.4 Å². The standard InChI is InChI=1S/C28H16Cl4N2O2/c29-16-5-8-19(21(31)13-16)25-10-7-18(35-25)15-34-24-4-2-1-3-23(24)33-28(34)27-12-11-26(36-27)20-9-6-17(30)14-22(20)32/h1-14H,15H2. The van der Waals surface area contributed by atoms with E-state index in [1.54, 1.807) is 24.3 Å². The van der Waals surface area contributed by atoms with Gasteiger partial charge in [0.05, 0.1) is 27.6 Å². The fourth-order valence-corrected chi connectivity index (χ4v) is 5.17. The normalized spacial score (nSPS) is 11.4. The summed E-state index contributed by atoms with van der Waals surface area (Å²) in [7, 11) is 0. The molecule has 4 nitrogen and oxygen atoms in total. The van der Waals surface area contributed by atoms with Crippen LogP contribution in [0.5, 0.6) is 0 Å². The molecule has 6 aromatic rings. The van der Waals surface area contributed by atoms with Crippen LogP contribution in [0, 0.1) is 0 Å². The Kier molecular flexibility index (Phi) is 6.06. The molecule has 0 aliphatic rings. The van der Waals surface area contributed by atoms with E-state index in [-0.39, 0.29) is 0 Å². The van der Waals surface area contributed by atoms with Crippen LogP contribution in [-0.2, 0) is 6.54 Å². The summed E-state index contributed by atoms with van der Waals surface area (Å²) >= 11 is 24.9. The predicted octanol–water partition coefficient (Wildman–Crippen LogP) is 9.89. The van der Waals surface area contributed by atoms with Gasteiger partial charge in [-0.3, -0.25) is 0 Å². The molecular formula is C28H16Cl4N2O2. The molecule has 0 atom stereocenters. The van der Waals surface area contributed by atoms with Gasteiger partial charge in [-0.2, -0.15) is 0 Å². The van der Waals surface area contributed by atoms with E-state index in [4.69, 9.17) is 60.2 Å². The summed E-state index contributed by atoms with van der Waals surface area (Å²) in [4.78, 5) is 4.85. The van der Waals surface area contributed by atoms with Gasteiger partial charge in [-0.25, -0.2) is 4.98 Å². The second-order valence-electron chi connectivity index (χ2n) is 8.19. The van der Waals surface area contributed by atoms with Gasteiger partial charge in [0.15, 0.2) is 11.6 Å². The second kappa shape index (κ2) is 9.38. The molecular weight excluding hydrogens is 538 g/mol. The quantitative estimate of drug-likeness (QED) is 0.213. The molecule has 6 rings (SSSR count). The van der Waals surface area contributed by atoms with Crippen LogP contribution < -0.4 is 0 Å². The topological polar surface area (TPSA) is 44.1 Å². The SMILES string of the molecule is Clc1ccc(-c2ccc(Cn3c(-c4ccc(-c5ccc(Cl)cc5Cl)o4)nc4ccccc43)o2)c(Cl)c1. The molecule has 3 aromatic heterocycles. The Hall–Kier alpha value is -3.15. The minimum absolute atomic E-state index is 0.443. The van der Waals surface area contributed by atoms with Gasteiger partial charge in [-0.05, 0) is 72.8 Å². The Morgan fingerprint density at radius 2 is 1.25 bits per heavy atom. The van der Waals surface area contributed by atoms with E-state index >= 15 is 0 Å². The molecule has 0 amide bonds. The van der Waals surface area contributed by atoms with E-state index in [1.165, 1.54) is 0 Å². The lowest BCUT2D eigenvalue weighted by molar-refractivity contribution is 0.506. The van der Waals surface area contributed by atoms with E-state index < -0.39 is 0 Å². The van der Waals surface area contributed by atoms with Crippen molar-refractivity contribution in [1.29, 1.82) is 0 Å². The van der Waals surface area contributed by atoms with Crippen LogP contribution in [0.1, 0.15) is 5.76 Å². The lowest BCUT2D eigenvalue weighted by atomic mass is 10.2. The number of hydrogen-bond donors (Lipinski definition) is 0. The fraction of sp³-hybridized carbons (Fsp3) is 0.0357. The molecule has 0 saturated heterocycles. The molecule has 0 fully saturated rings. The van der Waals surface area contributed by atoms with Crippen molar-refractivity contribution in [2.75, 3.05) is 0 Å². The molecule has 0 bridgehead atoms. The van der Waals surface area contributed by atoms with Crippen LogP contribution in [0.15, 0.2) is 93.8 Å². The minimum atomic E-state index is 0.443. The summed E-state index contributed by atoms with van der Waals surface area (Å²) in [6.07, 6.45) is 0. The van der Waals surface area contributed by atoms with Gasteiger partial charge in [0.1, 0.15) is 17.3 Å². The molecule has 3 heterocycles. The number of aromatic nitrogens is 2. The van der Waals surface area contributed by atoms with E-state index in [0.29, 0.717) is 49.7 Å². The lowest BCUT2D eigenvalue weighted by Gasteiger charge is -2.07. The van der Waals surface area contributed by atoms with E-state index in [9.17, 15) is 0 Å². The average Bonchev–Trinajstić information content (AvgIpc) is 3.59. The number of benzene rings is 3. The van der Waals surface area contributed by atoms with Crippen molar-refractivity contribution < 1.29 is 8.83 Å². The molecule has 0 radical (unpaired) electrons. The van der Waals surface area contributed by atoms with Crippen LogP contribution in [0.3, 0.4) is 0 Å². The van der Waals surface area contributed by atoms with E-state index in [1.807, 2.05) is 60.7 Å². The Morgan fingerprint density at radius 3 is 1.94 bits per heavy atom. The first kappa shape index (κ1) is 23.3.